The van der Waals surface area contributed by atoms with Gasteiger partial charge in [-0.3, -0.25) is 0 Å². The van der Waals surface area contributed by atoms with Crippen molar-refractivity contribution < 1.29 is 29.2 Å². The van der Waals surface area contributed by atoms with Crippen molar-refractivity contribution in [1.29, 1.82) is 0 Å². The monoisotopic (exact) mass is 456 g/mol. The van der Waals surface area contributed by atoms with Gasteiger partial charge < -0.3 is 24.4 Å². The number of hydrogen-bond donors (Lipinski definition) is 2. The van der Waals surface area contributed by atoms with Crippen LogP contribution in [0.5, 0.6) is 23.0 Å². The number of phenols is 1. The second-order valence-corrected chi connectivity index (χ2v) is 7.56. The van der Waals surface area contributed by atoms with Gasteiger partial charge in [-0.25, -0.2) is 4.79 Å². The standard InChI is InChI=1S/C28H24O6/c1-32-24-16-23(19-8-12-21(29)13-9-19)27(33-2)26(28(30)31)25(24)20-10-14-22(15-11-20)34-17-18-6-4-3-5-7-18/h3-16,29H,17H2,1-2H3,(H,30,31). The summed E-state index contributed by atoms with van der Waals surface area (Å²) in [6, 6.07) is 25.2. The van der Waals surface area contributed by atoms with Crippen molar-refractivity contribution in [2.45, 2.75) is 6.61 Å². The van der Waals surface area contributed by atoms with Crippen LogP contribution in [0.2, 0.25) is 0 Å². The van der Waals surface area contributed by atoms with E-state index in [9.17, 15) is 15.0 Å². The first-order valence-corrected chi connectivity index (χ1v) is 10.6. The Morgan fingerprint density at radius 3 is 2.06 bits per heavy atom. The highest BCUT2D eigenvalue weighted by Gasteiger charge is 2.26. The van der Waals surface area contributed by atoms with Gasteiger partial charge in [0.15, 0.2) is 0 Å². The number of carboxylic acid groups (broad SMARTS) is 1. The van der Waals surface area contributed by atoms with Crippen LogP contribution < -0.4 is 14.2 Å². The van der Waals surface area contributed by atoms with Crippen LogP contribution >= 0.6 is 0 Å². The predicted octanol–water partition coefficient (Wildman–Crippen LogP) is 6.02. The Morgan fingerprint density at radius 1 is 0.824 bits per heavy atom. The topological polar surface area (TPSA) is 85.2 Å². The summed E-state index contributed by atoms with van der Waals surface area (Å²) < 4.78 is 17.0. The molecule has 0 aliphatic carbocycles. The molecule has 0 heterocycles. The highest BCUT2D eigenvalue weighted by atomic mass is 16.5. The summed E-state index contributed by atoms with van der Waals surface area (Å²) >= 11 is 0. The van der Waals surface area contributed by atoms with Gasteiger partial charge >= 0.3 is 5.97 Å². The first-order valence-electron chi connectivity index (χ1n) is 10.6. The number of rotatable bonds is 8. The Labute approximate surface area is 197 Å². The normalized spacial score (nSPS) is 10.5. The predicted molar refractivity (Wildman–Crippen MR) is 130 cm³/mol. The summed E-state index contributed by atoms with van der Waals surface area (Å²) in [4.78, 5) is 12.4. The van der Waals surface area contributed by atoms with Crippen molar-refractivity contribution in [3.63, 3.8) is 0 Å². The molecule has 0 radical (unpaired) electrons. The van der Waals surface area contributed by atoms with E-state index < -0.39 is 5.97 Å². The van der Waals surface area contributed by atoms with Crippen molar-refractivity contribution in [3.8, 4) is 45.3 Å². The van der Waals surface area contributed by atoms with Crippen LogP contribution in [0.3, 0.4) is 0 Å². The number of methoxy groups -OCH3 is 2. The Kier molecular flexibility index (Phi) is 6.69. The number of aromatic carboxylic acids is 1. The van der Waals surface area contributed by atoms with Crippen LogP contribution in [0.1, 0.15) is 15.9 Å². The van der Waals surface area contributed by atoms with Gasteiger partial charge in [0.25, 0.3) is 0 Å². The molecule has 0 aliphatic rings. The van der Waals surface area contributed by atoms with Crippen molar-refractivity contribution in [2.24, 2.45) is 0 Å². The van der Waals surface area contributed by atoms with Crippen LogP contribution in [0.4, 0.5) is 0 Å². The van der Waals surface area contributed by atoms with Crippen LogP contribution in [0.15, 0.2) is 84.9 Å². The van der Waals surface area contributed by atoms with Gasteiger partial charge in [0.2, 0.25) is 0 Å². The average molecular weight is 456 g/mol. The lowest BCUT2D eigenvalue weighted by Gasteiger charge is -2.19. The molecular weight excluding hydrogens is 432 g/mol. The maximum atomic E-state index is 12.4. The van der Waals surface area contributed by atoms with E-state index in [4.69, 9.17) is 14.2 Å². The fourth-order valence-corrected chi connectivity index (χ4v) is 3.82. The lowest BCUT2D eigenvalue weighted by Crippen LogP contribution is -2.07. The molecule has 34 heavy (non-hydrogen) atoms. The van der Waals surface area contributed by atoms with E-state index >= 15 is 0 Å². The van der Waals surface area contributed by atoms with Crippen LogP contribution in [-0.4, -0.2) is 30.4 Å². The zero-order valence-corrected chi connectivity index (χ0v) is 18.8. The molecule has 172 valence electrons. The van der Waals surface area contributed by atoms with Gasteiger partial charge in [0.05, 0.1) is 14.2 Å². The number of benzene rings is 4. The number of carboxylic acids is 1. The lowest BCUT2D eigenvalue weighted by atomic mass is 9.92. The molecule has 0 amide bonds. The summed E-state index contributed by atoms with van der Waals surface area (Å²) in [5, 5.41) is 19.8. The van der Waals surface area contributed by atoms with Crippen LogP contribution in [-0.2, 0) is 6.61 Å². The number of hydrogen-bond acceptors (Lipinski definition) is 5. The molecule has 4 rings (SSSR count). The van der Waals surface area contributed by atoms with Gasteiger partial charge in [-0.2, -0.15) is 0 Å². The van der Waals surface area contributed by atoms with Crippen molar-refractivity contribution >= 4 is 5.97 Å². The van der Waals surface area contributed by atoms with Crippen LogP contribution in [0, 0.1) is 0 Å². The third-order valence-corrected chi connectivity index (χ3v) is 5.45. The Hall–Kier alpha value is -4.45. The summed E-state index contributed by atoms with van der Waals surface area (Å²) in [5.41, 5.74) is 3.33. The van der Waals surface area contributed by atoms with Gasteiger partial charge in [-0.05, 0) is 47.0 Å². The highest BCUT2D eigenvalue weighted by Crippen LogP contribution is 2.45. The second-order valence-electron chi connectivity index (χ2n) is 7.56. The zero-order valence-electron chi connectivity index (χ0n) is 18.8. The highest BCUT2D eigenvalue weighted by molar-refractivity contribution is 6.04. The molecule has 4 aromatic carbocycles. The van der Waals surface area contributed by atoms with Crippen molar-refractivity contribution in [2.75, 3.05) is 14.2 Å². The second kappa shape index (κ2) is 10.0. The summed E-state index contributed by atoms with van der Waals surface area (Å²) in [6.07, 6.45) is 0. The number of aromatic hydroxyl groups is 1. The summed E-state index contributed by atoms with van der Waals surface area (Å²) in [5.74, 6) is 0.225. The summed E-state index contributed by atoms with van der Waals surface area (Å²) in [7, 11) is 2.93. The van der Waals surface area contributed by atoms with Gasteiger partial charge in [0.1, 0.15) is 35.2 Å². The molecule has 0 saturated heterocycles. The Morgan fingerprint density at radius 2 is 1.47 bits per heavy atom. The first kappa shape index (κ1) is 22.7. The fraction of sp³-hybridized carbons (Fsp3) is 0.107. The van der Waals surface area contributed by atoms with Gasteiger partial charge in [-0.1, -0.05) is 54.6 Å². The molecule has 0 spiro atoms. The van der Waals surface area contributed by atoms with Crippen LogP contribution in [0.25, 0.3) is 22.3 Å². The SMILES string of the molecule is COc1cc(-c2ccc(O)cc2)c(OC)c(C(=O)O)c1-c1ccc(OCc2ccccc2)cc1. The zero-order chi connectivity index (χ0) is 24.1. The number of carbonyl (C=O) groups is 1. The molecule has 0 saturated carbocycles. The van der Waals surface area contributed by atoms with Gasteiger partial charge in [-0.15, -0.1) is 0 Å². The molecule has 0 aromatic heterocycles. The van der Waals surface area contributed by atoms with Crippen molar-refractivity contribution in [1.82, 2.24) is 0 Å². The van der Waals surface area contributed by atoms with E-state index in [1.54, 1.807) is 42.5 Å². The fourth-order valence-electron chi connectivity index (χ4n) is 3.82. The van der Waals surface area contributed by atoms with E-state index in [0.717, 1.165) is 5.56 Å². The molecule has 0 fully saturated rings. The number of ether oxygens (including phenoxy) is 3. The third kappa shape index (κ3) is 4.66. The smallest absolute Gasteiger partial charge is 0.340 e. The largest absolute Gasteiger partial charge is 0.508 e. The minimum atomic E-state index is -1.14. The maximum absolute atomic E-state index is 12.4. The minimum absolute atomic E-state index is 0.0112. The molecule has 0 bridgehead atoms. The minimum Gasteiger partial charge on any atom is -0.508 e. The molecule has 6 nitrogen and oxygen atoms in total. The molecule has 0 unspecified atom stereocenters. The first-order chi connectivity index (χ1) is 16.5. The van der Waals surface area contributed by atoms with E-state index in [1.807, 2.05) is 30.3 Å². The Bertz CT molecular complexity index is 1280. The Balaban J connectivity index is 1.76. The molecule has 2 N–H and O–H groups in total. The van der Waals surface area contributed by atoms with Crippen molar-refractivity contribution in [3.05, 3.63) is 96.1 Å². The van der Waals surface area contributed by atoms with E-state index in [-0.39, 0.29) is 17.1 Å². The van der Waals surface area contributed by atoms with E-state index in [0.29, 0.717) is 40.4 Å². The molecule has 6 heteroatoms. The third-order valence-electron chi connectivity index (χ3n) is 5.45. The number of phenolic OH excluding ortho intramolecular Hbond substituents is 1. The quantitative estimate of drug-likeness (QED) is 0.337. The summed E-state index contributed by atoms with van der Waals surface area (Å²) in [6.45, 7) is 0.430. The average Bonchev–Trinajstić information content (AvgIpc) is 2.87. The molecule has 0 atom stereocenters. The maximum Gasteiger partial charge on any atom is 0.340 e. The van der Waals surface area contributed by atoms with E-state index in [2.05, 4.69) is 0 Å². The lowest BCUT2D eigenvalue weighted by molar-refractivity contribution is 0.0694. The molecule has 4 aromatic rings. The van der Waals surface area contributed by atoms with E-state index in [1.165, 1.54) is 26.4 Å². The molecule has 0 aliphatic heterocycles. The van der Waals surface area contributed by atoms with Gasteiger partial charge in [0, 0.05) is 11.1 Å². The molecular formula is C28H24O6.